The maximum absolute atomic E-state index is 12.1. The second-order valence-corrected chi connectivity index (χ2v) is 5.39. The molecule has 1 N–H and O–H groups in total. The average Bonchev–Trinajstić information content (AvgIpc) is 3.06. The number of nitro groups is 1. The second kappa shape index (κ2) is 7.05. The quantitative estimate of drug-likeness (QED) is 0.553. The molecule has 0 radical (unpaired) electrons. The molecule has 0 aliphatic rings. The van der Waals surface area contributed by atoms with E-state index in [1.165, 1.54) is 18.2 Å². The molecule has 10 heteroatoms. The molecule has 1 amide bonds. The number of carbonyl (C=O) groups is 1. The fourth-order valence-corrected chi connectivity index (χ4v) is 2.22. The summed E-state index contributed by atoms with van der Waals surface area (Å²) >= 11 is 5.94. The normalized spacial score (nSPS) is 10.4. The number of halogens is 1. The van der Waals surface area contributed by atoms with Crippen LogP contribution < -0.4 is 5.32 Å². The van der Waals surface area contributed by atoms with E-state index in [0.29, 0.717) is 5.82 Å². The van der Waals surface area contributed by atoms with Crippen LogP contribution in [0.2, 0.25) is 5.02 Å². The van der Waals surface area contributed by atoms with Crippen molar-refractivity contribution in [2.75, 3.05) is 5.32 Å². The van der Waals surface area contributed by atoms with Crippen LogP contribution in [-0.4, -0.2) is 31.0 Å². The number of nitrogens with zero attached hydrogens (tertiary/aromatic N) is 5. The number of tetrazole rings is 1. The van der Waals surface area contributed by atoms with E-state index in [4.69, 9.17) is 11.6 Å². The number of nitrogens with one attached hydrogen (secondary N) is 1. The van der Waals surface area contributed by atoms with Gasteiger partial charge in [0.1, 0.15) is 6.54 Å². The molecule has 0 bridgehead atoms. The van der Waals surface area contributed by atoms with E-state index in [9.17, 15) is 14.9 Å². The van der Waals surface area contributed by atoms with E-state index in [-0.39, 0.29) is 22.9 Å². The van der Waals surface area contributed by atoms with Gasteiger partial charge in [-0.3, -0.25) is 14.9 Å². The highest BCUT2D eigenvalue weighted by atomic mass is 35.5. The van der Waals surface area contributed by atoms with Crippen LogP contribution in [0.5, 0.6) is 0 Å². The number of amides is 1. The predicted octanol–water partition coefficient (Wildman–Crippen LogP) is 2.54. The molecule has 1 aromatic heterocycles. The third-order valence-corrected chi connectivity index (χ3v) is 3.53. The van der Waals surface area contributed by atoms with Crippen molar-refractivity contribution in [3.8, 4) is 11.4 Å². The van der Waals surface area contributed by atoms with Crippen molar-refractivity contribution >= 4 is 28.9 Å². The van der Waals surface area contributed by atoms with Crippen LogP contribution in [0, 0.1) is 10.1 Å². The predicted molar refractivity (Wildman–Crippen MR) is 90.0 cm³/mol. The van der Waals surface area contributed by atoms with E-state index in [2.05, 4.69) is 20.7 Å². The Balaban J connectivity index is 1.70. The van der Waals surface area contributed by atoms with Gasteiger partial charge in [0.25, 0.3) is 5.69 Å². The largest absolute Gasteiger partial charge is 0.323 e. The van der Waals surface area contributed by atoms with Gasteiger partial charge in [0.05, 0.1) is 15.6 Å². The molecule has 126 valence electrons. The van der Waals surface area contributed by atoms with E-state index in [1.807, 2.05) is 30.3 Å². The fraction of sp³-hybridized carbons (Fsp3) is 0.0667. The Hall–Kier alpha value is -3.33. The number of aromatic nitrogens is 4. The summed E-state index contributed by atoms with van der Waals surface area (Å²) < 4.78 is 0. The summed E-state index contributed by atoms with van der Waals surface area (Å²) in [5.41, 5.74) is 0.741. The van der Waals surface area contributed by atoms with Gasteiger partial charge in [0.2, 0.25) is 11.7 Å². The maximum atomic E-state index is 12.1. The highest BCUT2D eigenvalue weighted by Crippen LogP contribution is 2.26. The Morgan fingerprint density at radius 1 is 1.24 bits per heavy atom. The van der Waals surface area contributed by atoms with Crippen LogP contribution >= 0.6 is 11.6 Å². The van der Waals surface area contributed by atoms with Crippen molar-refractivity contribution in [2.24, 2.45) is 0 Å². The number of hydrogen-bond acceptors (Lipinski definition) is 6. The zero-order chi connectivity index (χ0) is 17.8. The van der Waals surface area contributed by atoms with Crippen molar-refractivity contribution in [1.82, 2.24) is 20.2 Å². The molecule has 0 unspecified atom stereocenters. The molecule has 3 aromatic rings. The summed E-state index contributed by atoms with van der Waals surface area (Å²) in [5.74, 6) is -0.0961. The Morgan fingerprint density at radius 3 is 2.72 bits per heavy atom. The van der Waals surface area contributed by atoms with Crippen LogP contribution in [0.15, 0.2) is 48.5 Å². The van der Waals surface area contributed by atoms with Crippen molar-refractivity contribution in [3.05, 3.63) is 63.7 Å². The number of rotatable bonds is 5. The highest BCUT2D eigenvalue weighted by molar-refractivity contribution is 6.33. The number of nitro benzene ring substituents is 1. The zero-order valence-electron chi connectivity index (χ0n) is 12.7. The zero-order valence-corrected chi connectivity index (χ0v) is 13.4. The first kappa shape index (κ1) is 16.5. The van der Waals surface area contributed by atoms with Crippen LogP contribution in [0.3, 0.4) is 0 Å². The fourth-order valence-electron chi connectivity index (χ4n) is 2.05. The van der Waals surface area contributed by atoms with Gasteiger partial charge in [0, 0.05) is 17.7 Å². The molecule has 0 aliphatic carbocycles. The minimum absolute atomic E-state index is 0.143. The maximum Gasteiger partial charge on any atom is 0.271 e. The Kier molecular flexibility index (Phi) is 4.66. The van der Waals surface area contributed by atoms with Gasteiger partial charge in [-0.2, -0.15) is 4.80 Å². The molecule has 0 aliphatic heterocycles. The number of anilines is 1. The molecule has 0 spiro atoms. The van der Waals surface area contributed by atoms with Gasteiger partial charge in [-0.15, -0.1) is 10.2 Å². The summed E-state index contributed by atoms with van der Waals surface area (Å²) in [6.07, 6.45) is 0. The Bertz CT molecular complexity index is 928. The van der Waals surface area contributed by atoms with Crippen LogP contribution in [0.4, 0.5) is 11.4 Å². The van der Waals surface area contributed by atoms with Crippen molar-refractivity contribution < 1.29 is 9.72 Å². The van der Waals surface area contributed by atoms with Gasteiger partial charge < -0.3 is 5.32 Å². The molecule has 3 rings (SSSR count). The molecule has 2 aromatic carbocycles. The minimum Gasteiger partial charge on any atom is -0.323 e. The van der Waals surface area contributed by atoms with Gasteiger partial charge in [0.15, 0.2) is 0 Å². The van der Waals surface area contributed by atoms with E-state index in [0.717, 1.165) is 10.4 Å². The summed E-state index contributed by atoms with van der Waals surface area (Å²) in [6.45, 7) is -0.209. The molecule has 1 heterocycles. The SMILES string of the molecule is O=C(Cn1nnc(-c2ccccc2)n1)Nc1cc([N+](=O)[O-])ccc1Cl. The van der Waals surface area contributed by atoms with Gasteiger partial charge in [-0.25, -0.2) is 0 Å². The van der Waals surface area contributed by atoms with Crippen molar-refractivity contribution in [3.63, 3.8) is 0 Å². The molecule has 0 saturated carbocycles. The van der Waals surface area contributed by atoms with E-state index < -0.39 is 10.8 Å². The summed E-state index contributed by atoms with van der Waals surface area (Å²) in [7, 11) is 0. The first-order valence-corrected chi connectivity index (χ1v) is 7.48. The lowest BCUT2D eigenvalue weighted by Gasteiger charge is -2.06. The lowest BCUT2D eigenvalue weighted by molar-refractivity contribution is -0.384. The summed E-state index contributed by atoms with van der Waals surface area (Å²) in [6, 6.07) is 13.0. The monoisotopic (exact) mass is 358 g/mol. The van der Waals surface area contributed by atoms with Crippen molar-refractivity contribution in [2.45, 2.75) is 6.54 Å². The number of non-ortho nitro benzene ring substituents is 1. The Morgan fingerprint density at radius 2 is 2.00 bits per heavy atom. The molecular weight excluding hydrogens is 348 g/mol. The summed E-state index contributed by atoms with van der Waals surface area (Å²) in [5, 5.41) is 25.3. The average molecular weight is 359 g/mol. The number of hydrogen-bond donors (Lipinski definition) is 1. The Labute approximate surface area is 146 Å². The molecule has 0 saturated heterocycles. The minimum atomic E-state index is -0.572. The standard InChI is InChI=1S/C15H11ClN6O3/c16-12-7-6-11(22(24)25)8-13(12)17-14(23)9-21-19-15(18-20-21)10-4-2-1-3-5-10/h1-8H,9H2,(H,17,23). The topological polar surface area (TPSA) is 116 Å². The molecule has 0 atom stereocenters. The first-order valence-electron chi connectivity index (χ1n) is 7.10. The molecule has 9 nitrogen and oxygen atoms in total. The van der Waals surface area contributed by atoms with Crippen LogP contribution in [0.1, 0.15) is 0 Å². The first-order chi connectivity index (χ1) is 12.0. The van der Waals surface area contributed by atoms with E-state index >= 15 is 0 Å². The highest BCUT2D eigenvalue weighted by Gasteiger charge is 2.14. The number of benzene rings is 2. The van der Waals surface area contributed by atoms with Gasteiger partial charge in [-0.1, -0.05) is 41.9 Å². The van der Waals surface area contributed by atoms with Gasteiger partial charge in [-0.05, 0) is 11.3 Å². The summed E-state index contributed by atoms with van der Waals surface area (Å²) in [4.78, 5) is 23.4. The third-order valence-electron chi connectivity index (χ3n) is 3.20. The smallest absolute Gasteiger partial charge is 0.271 e. The number of carbonyl (C=O) groups excluding carboxylic acids is 1. The van der Waals surface area contributed by atoms with E-state index in [1.54, 1.807) is 0 Å². The lowest BCUT2D eigenvalue weighted by Crippen LogP contribution is -2.20. The van der Waals surface area contributed by atoms with Crippen molar-refractivity contribution in [1.29, 1.82) is 0 Å². The van der Waals surface area contributed by atoms with Crippen LogP contribution in [-0.2, 0) is 11.3 Å². The second-order valence-electron chi connectivity index (χ2n) is 4.98. The third kappa shape index (κ3) is 3.96. The molecular formula is C15H11ClN6O3. The van der Waals surface area contributed by atoms with Gasteiger partial charge >= 0.3 is 0 Å². The molecule has 0 fully saturated rings. The lowest BCUT2D eigenvalue weighted by atomic mass is 10.2. The van der Waals surface area contributed by atoms with Crippen LogP contribution in [0.25, 0.3) is 11.4 Å². The molecule has 25 heavy (non-hydrogen) atoms.